The molecule has 0 aliphatic carbocycles. The minimum absolute atomic E-state index is 0.156. The van der Waals surface area contributed by atoms with Gasteiger partial charge in [0.15, 0.2) is 0 Å². The normalized spacial score (nSPS) is 23.1. The molecule has 4 nitrogen and oxygen atoms in total. The maximum Gasteiger partial charge on any atom is 0.100 e. The summed E-state index contributed by atoms with van der Waals surface area (Å²) in [6.07, 6.45) is 5.97. The van der Waals surface area contributed by atoms with Crippen LogP contribution in [0.15, 0.2) is 27.8 Å². The van der Waals surface area contributed by atoms with Crippen LogP contribution in [0.2, 0.25) is 0 Å². The first-order chi connectivity index (χ1) is 9.72. The first-order valence-electron chi connectivity index (χ1n) is 6.76. The molecule has 1 saturated heterocycles. The van der Waals surface area contributed by atoms with Crippen molar-refractivity contribution >= 4 is 27.3 Å². The summed E-state index contributed by atoms with van der Waals surface area (Å²) in [7, 11) is 2.02. The third kappa shape index (κ3) is 3.31. The fourth-order valence-electron chi connectivity index (χ4n) is 2.57. The van der Waals surface area contributed by atoms with Gasteiger partial charge in [-0.15, -0.1) is 11.3 Å². The molecule has 1 aliphatic rings. The van der Waals surface area contributed by atoms with Crippen LogP contribution in [0.25, 0.3) is 0 Å². The highest BCUT2D eigenvalue weighted by atomic mass is 79.9. The summed E-state index contributed by atoms with van der Waals surface area (Å²) in [6.45, 7) is 1.73. The molecule has 0 aromatic carbocycles. The number of aromatic nitrogens is 2. The molecule has 0 amide bonds. The highest BCUT2D eigenvalue weighted by Gasteiger charge is 2.25. The quantitative estimate of drug-likeness (QED) is 0.914. The van der Waals surface area contributed by atoms with Crippen LogP contribution in [0, 0.1) is 0 Å². The zero-order valence-electron chi connectivity index (χ0n) is 11.4. The number of hydrogen-bond donors (Lipinski definition) is 1. The Kier molecular flexibility index (Phi) is 4.55. The minimum atomic E-state index is 0.156. The molecule has 20 heavy (non-hydrogen) atoms. The number of nitrogens with zero attached hydrogens (tertiary/aromatic N) is 2. The van der Waals surface area contributed by atoms with E-state index in [4.69, 9.17) is 4.74 Å². The molecule has 0 radical (unpaired) electrons. The molecule has 0 unspecified atom stereocenters. The zero-order valence-corrected chi connectivity index (χ0v) is 13.8. The van der Waals surface area contributed by atoms with Gasteiger partial charge in [-0.2, -0.15) is 0 Å². The lowest BCUT2D eigenvalue weighted by atomic mass is 10.0. The van der Waals surface area contributed by atoms with Crippen molar-refractivity contribution in [3.8, 4) is 0 Å². The molecule has 2 atom stereocenters. The second kappa shape index (κ2) is 6.39. The predicted molar refractivity (Wildman–Crippen MR) is 83.8 cm³/mol. The first kappa shape index (κ1) is 14.3. The molecule has 0 bridgehead atoms. The van der Waals surface area contributed by atoms with Crippen molar-refractivity contribution in [2.75, 3.05) is 6.61 Å². The Hall–Kier alpha value is -0.690. The van der Waals surface area contributed by atoms with Crippen LogP contribution in [0.5, 0.6) is 0 Å². The van der Waals surface area contributed by atoms with Gasteiger partial charge in [-0.05, 0) is 45.8 Å². The average molecular weight is 356 g/mol. The van der Waals surface area contributed by atoms with Gasteiger partial charge in [-0.3, -0.25) is 0 Å². The van der Waals surface area contributed by atoms with Crippen LogP contribution in [0.3, 0.4) is 0 Å². The molecule has 1 N–H and O–H groups in total. The molecule has 1 fully saturated rings. The maximum atomic E-state index is 5.88. The maximum absolute atomic E-state index is 5.88. The van der Waals surface area contributed by atoms with Crippen molar-refractivity contribution in [3.05, 3.63) is 39.0 Å². The van der Waals surface area contributed by atoms with Crippen LogP contribution >= 0.6 is 27.3 Å². The summed E-state index contributed by atoms with van der Waals surface area (Å²) in [6, 6.07) is 2.68. The average Bonchev–Trinajstić information content (AvgIpc) is 3.05. The van der Waals surface area contributed by atoms with Gasteiger partial charge in [0.1, 0.15) is 6.10 Å². The Bertz CT molecular complexity index is 568. The van der Waals surface area contributed by atoms with E-state index in [-0.39, 0.29) is 6.10 Å². The van der Waals surface area contributed by atoms with Gasteiger partial charge in [0.2, 0.25) is 0 Å². The molecule has 1 aliphatic heterocycles. The summed E-state index contributed by atoms with van der Waals surface area (Å²) >= 11 is 5.23. The van der Waals surface area contributed by atoms with E-state index in [1.807, 2.05) is 24.1 Å². The Balaban J connectivity index is 1.57. The summed E-state index contributed by atoms with van der Waals surface area (Å²) < 4.78 is 9.12. The SMILES string of the molecule is Cn1cncc1[C@H]1C[C@@H](NCc2csc(Br)c2)CCO1. The topological polar surface area (TPSA) is 39.1 Å². The van der Waals surface area contributed by atoms with E-state index in [0.717, 1.165) is 31.7 Å². The van der Waals surface area contributed by atoms with Gasteiger partial charge in [0.25, 0.3) is 0 Å². The van der Waals surface area contributed by atoms with E-state index >= 15 is 0 Å². The number of ether oxygens (including phenoxy) is 1. The molecule has 2 aromatic rings. The van der Waals surface area contributed by atoms with Gasteiger partial charge in [-0.25, -0.2) is 4.98 Å². The van der Waals surface area contributed by atoms with Gasteiger partial charge >= 0.3 is 0 Å². The molecule has 108 valence electrons. The molecular formula is C14H18BrN3OS. The summed E-state index contributed by atoms with van der Waals surface area (Å²) in [5.74, 6) is 0. The fourth-order valence-corrected chi connectivity index (χ4v) is 3.78. The second-order valence-electron chi connectivity index (χ2n) is 5.15. The largest absolute Gasteiger partial charge is 0.372 e. The van der Waals surface area contributed by atoms with Gasteiger partial charge in [0.05, 0.1) is 22.0 Å². The van der Waals surface area contributed by atoms with E-state index in [9.17, 15) is 0 Å². The van der Waals surface area contributed by atoms with E-state index in [1.165, 1.54) is 9.35 Å². The smallest absolute Gasteiger partial charge is 0.100 e. The van der Waals surface area contributed by atoms with Crippen LogP contribution in [-0.4, -0.2) is 22.2 Å². The molecule has 6 heteroatoms. The number of hydrogen-bond acceptors (Lipinski definition) is 4. The third-order valence-electron chi connectivity index (χ3n) is 3.68. The van der Waals surface area contributed by atoms with Crippen molar-refractivity contribution in [2.24, 2.45) is 7.05 Å². The lowest BCUT2D eigenvalue weighted by molar-refractivity contribution is -0.00403. The number of aryl methyl sites for hydroxylation is 1. The zero-order chi connectivity index (χ0) is 13.9. The molecule has 0 spiro atoms. The van der Waals surface area contributed by atoms with Crippen LogP contribution < -0.4 is 5.32 Å². The lowest BCUT2D eigenvalue weighted by Gasteiger charge is -2.30. The molecule has 2 aromatic heterocycles. The monoisotopic (exact) mass is 355 g/mol. The number of thiophene rings is 1. The van der Waals surface area contributed by atoms with Crippen molar-refractivity contribution in [3.63, 3.8) is 0 Å². The third-order valence-corrected chi connectivity index (χ3v) is 5.24. The van der Waals surface area contributed by atoms with Crippen molar-refractivity contribution in [2.45, 2.75) is 31.5 Å². The minimum Gasteiger partial charge on any atom is -0.372 e. The van der Waals surface area contributed by atoms with Gasteiger partial charge < -0.3 is 14.6 Å². The van der Waals surface area contributed by atoms with Crippen LogP contribution in [0.4, 0.5) is 0 Å². The molecule has 3 rings (SSSR count). The highest BCUT2D eigenvalue weighted by Crippen LogP contribution is 2.28. The van der Waals surface area contributed by atoms with Crippen LogP contribution in [0.1, 0.15) is 30.2 Å². The molecule has 0 saturated carbocycles. The Morgan fingerprint density at radius 2 is 2.50 bits per heavy atom. The first-order valence-corrected chi connectivity index (χ1v) is 8.44. The van der Waals surface area contributed by atoms with Gasteiger partial charge in [-0.1, -0.05) is 0 Å². The van der Waals surface area contributed by atoms with E-state index in [2.05, 4.69) is 37.7 Å². The van der Waals surface area contributed by atoms with Crippen LogP contribution in [-0.2, 0) is 18.3 Å². The Labute approximate surface area is 131 Å². The number of nitrogens with one attached hydrogen (secondary N) is 1. The fraction of sp³-hybridized carbons (Fsp3) is 0.500. The summed E-state index contributed by atoms with van der Waals surface area (Å²) in [5.41, 5.74) is 2.50. The van der Waals surface area contributed by atoms with E-state index < -0.39 is 0 Å². The summed E-state index contributed by atoms with van der Waals surface area (Å²) in [5, 5.41) is 5.83. The molecule has 3 heterocycles. The van der Waals surface area contributed by atoms with E-state index in [1.54, 1.807) is 11.3 Å². The Morgan fingerprint density at radius 1 is 1.60 bits per heavy atom. The van der Waals surface area contributed by atoms with Gasteiger partial charge in [0, 0.05) is 26.2 Å². The predicted octanol–water partition coefficient (Wildman–Crippen LogP) is 3.25. The van der Waals surface area contributed by atoms with Crippen molar-refractivity contribution in [1.29, 1.82) is 0 Å². The molecular weight excluding hydrogens is 338 g/mol. The highest BCUT2D eigenvalue weighted by molar-refractivity contribution is 9.11. The second-order valence-corrected chi connectivity index (χ2v) is 7.44. The summed E-state index contributed by atoms with van der Waals surface area (Å²) in [4.78, 5) is 4.18. The van der Waals surface area contributed by atoms with Crippen molar-refractivity contribution in [1.82, 2.24) is 14.9 Å². The van der Waals surface area contributed by atoms with Crippen molar-refractivity contribution < 1.29 is 4.74 Å². The Morgan fingerprint density at radius 3 is 3.20 bits per heavy atom. The van der Waals surface area contributed by atoms with E-state index in [0.29, 0.717) is 6.04 Å². The number of rotatable bonds is 4. The number of halogens is 1. The standard InChI is InChI=1S/C14H18BrN3OS/c1-18-9-16-7-12(18)13-5-11(2-3-19-13)17-6-10-4-14(15)20-8-10/h4,7-9,11,13,17H,2-3,5-6H2,1H3/t11-,13+/m0/s1. The number of imidazole rings is 1. The lowest BCUT2D eigenvalue weighted by Crippen LogP contribution is -2.36.